The van der Waals surface area contributed by atoms with Crippen LogP contribution in [0.1, 0.15) is 17.1 Å². The van der Waals surface area contributed by atoms with Crippen molar-refractivity contribution in [3.8, 4) is 17.2 Å². The molecule has 0 spiro atoms. The summed E-state index contributed by atoms with van der Waals surface area (Å²) in [4.78, 5) is 64.9. The van der Waals surface area contributed by atoms with Gasteiger partial charge in [0.15, 0.2) is 17.2 Å². The number of amides is 3. The number of nitrogens with zero attached hydrogens (tertiary/aromatic N) is 3. The van der Waals surface area contributed by atoms with Gasteiger partial charge in [-0.25, -0.2) is 34.0 Å². The van der Waals surface area contributed by atoms with E-state index in [2.05, 4.69) is 16.0 Å². The van der Waals surface area contributed by atoms with Crippen LogP contribution in [0.15, 0.2) is 51.2 Å². The van der Waals surface area contributed by atoms with Crippen molar-refractivity contribution >= 4 is 18.3 Å². The van der Waals surface area contributed by atoms with Gasteiger partial charge >= 0.3 is 53.9 Å². The molecule has 0 aliphatic rings. The van der Waals surface area contributed by atoms with Gasteiger partial charge in [-0.2, -0.15) is 0 Å². The summed E-state index contributed by atoms with van der Waals surface area (Å²) in [6.45, 7) is 6.38. The van der Waals surface area contributed by atoms with Crippen molar-refractivity contribution in [2.75, 3.05) is 41.2 Å². The summed E-state index contributed by atoms with van der Waals surface area (Å²) < 4.78 is 19.7. The molecule has 0 atom stereocenters. The van der Waals surface area contributed by atoms with Gasteiger partial charge in [0.25, 0.3) is 0 Å². The zero-order valence-electron chi connectivity index (χ0n) is 31.0. The molecule has 3 amide bonds. The second kappa shape index (κ2) is 29.4. The summed E-state index contributed by atoms with van der Waals surface area (Å²) in [5.74, 6) is -1.13. The van der Waals surface area contributed by atoms with Crippen LogP contribution < -0.4 is 38.4 Å². The number of hydrogen-bond acceptors (Lipinski definition) is 13. The van der Waals surface area contributed by atoms with E-state index in [9.17, 15) is 44.1 Å². The van der Waals surface area contributed by atoms with Crippen molar-refractivity contribution in [3.05, 3.63) is 104 Å². The zero-order valence-corrected chi connectivity index (χ0v) is 34.7. The van der Waals surface area contributed by atoms with Crippen LogP contribution in [-0.2, 0) is 53.1 Å². The fourth-order valence-corrected chi connectivity index (χ4v) is 4.36. The molecule has 0 aliphatic heterocycles. The molecule has 23 heteroatoms. The van der Waals surface area contributed by atoms with Crippen LogP contribution in [0.4, 0.5) is 14.4 Å². The molecule has 0 aliphatic carbocycles. The number of carboxylic acid groups (broad SMARTS) is 3. The summed E-state index contributed by atoms with van der Waals surface area (Å²) in [7, 11) is 4.63. The standard InChI is InChI=1S/3C11H15N2O5.La.H3N/c3*1-18-7-6-13-5-3-9(14)10(15)8(13)2-4-12-11(16)17;;/h3*3-5,12,15H,2,6-7H2,1H3,(H,16,17);;1H3/q3*-1;+3;. The van der Waals surface area contributed by atoms with Crippen molar-refractivity contribution < 1.29 is 94.8 Å². The van der Waals surface area contributed by atoms with Crippen LogP contribution in [-0.4, -0.2) is 104 Å². The van der Waals surface area contributed by atoms with E-state index < -0.39 is 34.6 Å². The Morgan fingerprint density at radius 2 is 0.786 bits per heavy atom. The quantitative estimate of drug-likeness (QED) is 0.0784. The number of nitrogens with one attached hydrogen (secondary N) is 3. The topological polar surface area (TPSA) is 337 Å². The van der Waals surface area contributed by atoms with Gasteiger partial charge in [-0.3, -0.25) is 14.4 Å². The summed E-state index contributed by atoms with van der Waals surface area (Å²) >= 11 is 0. The van der Waals surface area contributed by atoms with E-state index in [1.807, 2.05) is 0 Å². The fraction of sp³-hybridized carbons (Fsp3) is 0.364. The Kier molecular flexibility index (Phi) is 27.9. The van der Waals surface area contributed by atoms with Crippen molar-refractivity contribution in [2.24, 2.45) is 0 Å². The van der Waals surface area contributed by atoms with E-state index >= 15 is 0 Å². The fourth-order valence-electron chi connectivity index (χ4n) is 4.36. The van der Waals surface area contributed by atoms with Gasteiger partial charge in [0.1, 0.15) is 0 Å². The minimum Gasteiger partial charge on any atom is -0.503 e. The van der Waals surface area contributed by atoms with Crippen LogP contribution in [0, 0.1) is 55.2 Å². The van der Waals surface area contributed by atoms with Crippen molar-refractivity contribution in [3.63, 3.8) is 0 Å². The van der Waals surface area contributed by atoms with Gasteiger partial charge < -0.3 is 80.7 Å². The van der Waals surface area contributed by atoms with Crippen LogP contribution >= 0.6 is 0 Å². The molecule has 0 aromatic carbocycles. The van der Waals surface area contributed by atoms with E-state index in [1.54, 1.807) is 35.0 Å². The molecule has 22 nitrogen and oxygen atoms in total. The monoisotopic (exact) mass is 921 g/mol. The maximum atomic E-state index is 11.3. The van der Waals surface area contributed by atoms with Crippen LogP contribution in [0.3, 0.4) is 0 Å². The number of ether oxygens (including phenoxy) is 3. The van der Waals surface area contributed by atoms with Gasteiger partial charge in [0, 0.05) is 94.8 Å². The Labute approximate surface area is 348 Å². The molecule has 0 unspecified atom stereocenters. The predicted molar refractivity (Wildman–Crippen MR) is 195 cm³/mol. The molecule has 56 heavy (non-hydrogen) atoms. The molecule has 0 radical (unpaired) electrons. The number of hydrogen-bond donors (Lipinski definition) is 10. The van der Waals surface area contributed by atoms with E-state index in [0.29, 0.717) is 56.5 Å². The number of aromatic hydroxyl groups is 3. The smallest absolute Gasteiger partial charge is 0.503 e. The Morgan fingerprint density at radius 3 is 0.982 bits per heavy atom. The molecule has 308 valence electrons. The molecule has 0 saturated heterocycles. The molecule has 12 N–H and O–H groups in total. The molecule has 3 heterocycles. The van der Waals surface area contributed by atoms with Gasteiger partial charge in [-0.15, -0.1) is 19.3 Å². The minimum absolute atomic E-state index is 0. The van der Waals surface area contributed by atoms with Crippen LogP contribution in [0.25, 0.3) is 0 Å². The first-order valence-electron chi connectivity index (χ1n) is 15.8. The van der Waals surface area contributed by atoms with E-state index in [4.69, 9.17) is 29.5 Å². The molecule has 3 aromatic heterocycles. The Morgan fingerprint density at radius 1 is 0.554 bits per heavy atom. The molecule has 0 bridgehead atoms. The number of rotatable bonds is 18. The largest absolute Gasteiger partial charge is 3.00 e. The van der Waals surface area contributed by atoms with Crippen LogP contribution in [0.2, 0.25) is 0 Å². The molecule has 0 fully saturated rings. The number of carbonyl (C=O) groups is 3. The Balaban J connectivity index is 0. The average molecular weight is 922 g/mol. The Bertz CT molecular complexity index is 1630. The Hall–Kier alpha value is -4.91. The second-order valence-corrected chi connectivity index (χ2v) is 10.6. The average Bonchev–Trinajstić information content (AvgIpc) is 3.12. The molecule has 3 rings (SSSR count). The van der Waals surface area contributed by atoms with Crippen molar-refractivity contribution in [1.82, 2.24) is 35.8 Å². The van der Waals surface area contributed by atoms with E-state index in [0.717, 1.165) is 0 Å². The molecular formula is C33H48LaN7O15. The SMILES string of the molecule is COCCn1ccc(=O)c(O)c1C[CH-]NC(=O)O.COCCn1ccc(=O)c(O)c1C[CH-]NC(=O)O.COCCn1ccc(=O)c(O)c1C[CH-]NC(=O)O.N.[La+3]. The first-order chi connectivity index (χ1) is 25.7. The van der Waals surface area contributed by atoms with Crippen LogP contribution in [0.5, 0.6) is 17.2 Å². The first kappa shape index (κ1) is 53.2. The number of pyridine rings is 3. The van der Waals surface area contributed by atoms with Gasteiger partial charge in [-0.05, 0) is 0 Å². The zero-order chi connectivity index (χ0) is 40.6. The molecule has 0 saturated carbocycles. The van der Waals surface area contributed by atoms with Crippen molar-refractivity contribution in [2.45, 2.75) is 38.9 Å². The summed E-state index contributed by atoms with van der Waals surface area (Å²) in [6, 6.07) is 3.75. The minimum atomic E-state index is -1.20. The summed E-state index contributed by atoms with van der Waals surface area (Å²) in [5.41, 5.74) is -0.470. The third-order valence-electron chi connectivity index (χ3n) is 6.95. The molecular weight excluding hydrogens is 873 g/mol. The van der Waals surface area contributed by atoms with E-state index in [1.165, 1.54) is 56.4 Å². The summed E-state index contributed by atoms with van der Waals surface area (Å²) in [5, 5.41) is 60.5. The van der Waals surface area contributed by atoms with Crippen molar-refractivity contribution in [1.29, 1.82) is 0 Å². The van der Waals surface area contributed by atoms with Gasteiger partial charge in [0.05, 0.1) is 19.8 Å². The maximum Gasteiger partial charge on any atom is 3.00 e. The van der Waals surface area contributed by atoms with Gasteiger partial charge in [0.2, 0.25) is 16.3 Å². The predicted octanol–water partition coefficient (Wildman–Crippen LogP) is 0.679. The third-order valence-corrected chi connectivity index (χ3v) is 6.95. The van der Waals surface area contributed by atoms with E-state index in [-0.39, 0.29) is 78.3 Å². The normalized spacial score (nSPS) is 9.91. The van der Waals surface area contributed by atoms with Gasteiger partial charge in [-0.1, -0.05) is 0 Å². The summed E-state index contributed by atoms with van der Waals surface area (Å²) in [6.07, 6.45) is 1.33. The maximum absolute atomic E-state index is 11.3. The number of aromatic nitrogens is 3. The molecule has 3 aromatic rings. The second-order valence-electron chi connectivity index (χ2n) is 10.6. The first-order valence-corrected chi connectivity index (χ1v) is 15.8. The number of methoxy groups -OCH3 is 3. The third kappa shape index (κ3) is 19.6.